The predicted octanol–water partition coefficient (Wildman–Crippen LogP) is 3.29. The fourth-order valence-corrected chi connectivity index (χ4v) is 3.02. The summed E-state index contributed by atoms with van der Waals surface area (Å²) in [4.78, 5) is 25.9. The SMILES string of the molecule is COC(=O)CCN(C(=O)Nc1cccc(C#N)c1)C1CCCCC1. The van der Waals surface area contributed by atoms with Gasteiger partial charge in [0, 0.05) is 18.3 Å². The fraction of sp³-hybridized carbons (Fsp3) is 0.500. The molecule has 6 nitrogen and oxygen atoms in total. The molecule has 1 aromatic carbocycles. The van der Waals surface area contributed by atoms with E-state index in [1.807, 2.05) is 0 Å². The molecular formula is C18H23N3O3. The molecule has 0 heterocycles. The molecule has 1 fully saturated rings. The molecule has 2 amide bonds. The fourth-order valence-electron chi connectivity index (χ4n) is 3.02. The van der Waals surface area contributed by atoms with Crippen LogP contribution in [0.25, 0.3) is 0 Å². The first-order valence-electron chi connectivity index (χ1n) is 8.28. The predicted molar refractivity (Wildman–Crippen MR) is 90.4 cm³/mol. The molecule has 1 aromatic rings. The molecule has 0 radical (unpaired) electrons. The summed E-state index contributed by atoms with van der Waals surface area (Å²) in [5.41, 5.74) is 1.07. The number of anilines is 1. The minimum absolute atomic E-state index is 0.141. The number of carbonyl (C=O) groups excluding carboxylic acids is 2. The van der Waals surface area contributed by atoms with Crippen LogP contribution in [0, 0.1) is 11.3 Å². The van der Waals surface area contributed by atoms with Crippen LogP contribution in [0.2, 0.25) is 0 Å². The summed E-state index contributed by atoms with van der Waals surface area (Å²) in [6.07, 6.45) is 5.46. The second kappa shape index (κ2) is 8.92. The third-order valence-corrected chi connectivity index (χ3v) is 4.30. The van der Waals surface area contributed by atoms with Gasteiger partial charge in [-0.15, -0.1) is 0 Å². The maximum absolute atomic E-state index is 12.7. The monoisotopic (exact) mass is 329 g/mol. The number of nitriles is 1. The Bertz CT molecular complexity index is 618. The van der Waals surface area contributed by atoms with Gasteiger partial charge in [-0.05, 0) is 31.0 Å². The molecule has 2 rings (SSSR count). The molecule has 0 aromatic heterocycles. The van der Waals surface area contributed by atoms with Crippen LogP contribution in [0.4, 0.5) is 10.5 Å². The van der Waals surface area contributed by atoms with Gasteiger partial charge in [0.2, 0.25) is 0 Å². The third kappa shape index (κ3) is 4.98. The molecule has 1 aliphatic carbocycles. The maximum atomic E-state index is 12.7. The number of hydrogen-bond donors (Lipinski definition) is 1. The van der Waals surface area contributed by atoms with E-state index in [-0.39, 0.29) is 24.5 Å². The molecule has 0 unspecified atom stereocenters. The lowest BCUT2D eigenvalue weighted by molar-refractivity contribution is -0.140. The van der Waals surface area contributed by atoms with Crippen LogP contribution in [0.1, 0.15) is 44.1 Å². The molecule has 1 aliphatic rings. The number of methoxy groups -OCH3 is 1. The molecule has 0 saturated heterocycles. The average molecular weight is 329 g/mol. The number of ether oxygens (including phenoxy) is 1. The van der Waals surface area contributed by atoms with Crippen molar-refractivity contribution in [1.29, 1.82) is 5.26 Å². The van der Waals surface area contributed by atoms with E-state index >= 15 is 0 Å². The summed E-state index contributed by atoms with van der Waals surface area (Å²) in [6, 6.07) is 8.76. The van der Waals surface area contributed by atoms with E-state index in [1.54, 1.807) is 29.2 Å². The lowest BCUT2D eigenvalue weighted by atomic mass is 9.94. The number of nitrogens with one attached hydrogen (secondary N) is 1. The van der Waals surface area contributed by atoms with Crippen molar-refractivity contribution >= 4 is 17.7 Å². The van der Waals surface area contributed by atoms with Gasteiger partial charge in [-0.1, -0.05) is 25.3 Å². The second-order valence-electron chi connectivity index (χ2n) is 5.93. The van der Waals surface area contributed by atoms with Crippen molar-refractivity contribution < 1.29 is 14.3 Å². The molecule has 1 saturated carbocycles. The van der Waals surface area contributed by atoms with E-state index in [0.29, 0.717) is 17.8 Å². The first-order valence-corrected chi connectivity index (χ1v) is 8.28. The van der Waals surface area contributed by atoms with Gasteiger partial charge in [0.15, 0.2) is 0 Å². The Morgan fingerprint density at radius 2 is 2.08 bits per heavy atom. The first kappa shape index (κ1) is 17.8. The largest absolute Gasteiger partial charge is 0.469 e. The third-order valence-electron chi connectivity index (χ3n) is 4.30. The maximum Gasteiger partial charge on any atom is 0.322 e. The highest BCUT2D eigenvalue weighted by Crippen LogP contribution is 2.24. The Labute approximate surface area is 142 Å². The Hall–Kier alpha value is -2.55. The smallest absolute Gasteiger partial charge is 0.322 e. The molecule has 24 heavy (non-hydrogen) atoms. The molecule has 0 bridgehead atoms. The molecule has 1 N–H and O–H groups in total. The van der Waals surface area contributed by atoms with E-state index in [9.17, 15) is 9.59 Å². The van der Waals surface area contributed by atoms with Crippen molar-refractivity contribution in [3.63, 3.8) is 0 Å². The summed E-state index contributed by atoms with van der Waals surface area (Å²) >= 11 is 0. The van der Waals surface area contributed by atoms with Crippen LogP contribution >= 0.6 is 0 Å². The van der Waals surface area contributed by atoms with Gasteiger partial charge in [0.25, 0.3) is 0 Å². The second-order valence-corrected chi connectivity index (χ2v) is 5.93. The summed E-state index contributed by atoms with van der Waals surface area (Å²) in [7, 11) is 1.35. The van der Waals surface area contributed by atoms with Crippen LogP contribution in [0.15, 0.2) is 24.3 Å². The summed E-state index contributed by atoms with van der Waals surface area (Å²) < 4.78 is 4.68. The van der Waals surface area contributed by atoms with Gasteiger partial charge in [0.05, 0.1) is 25.2 Å². The Kier molecular flexibility index (Phi) is 6.62. The molecule has 128 valence electrons. The Morgan fingerprint density at radius 1 is 1.33 bits per heavy atom. The lowest BCUT2D eigenvalue weighted by Gasteiger charge is -2.34. The van der Waals surface area contributed by atoms with Gasteiger partial charge in [0.1, 0.15) is 0 Å². The zero-order valence-corrected chi connectivity index (χ0v) is 14.0. The van der Waals surface area contributed by atoms with Gasteiger partial charge >= 0.3 is 12.0 Å². The number of urea groups is 1. The van der Waals surface area contributed by atoms with E-state index in [1.165, 1.54) is 13.5 Å². The van der Waals surface area contributed by atoms with Gasteiger partial charge < -0.3 is 15.0 Å². The molecule has 6 heteroatoms. The quantitative estimate of drug-likeness (QED) is 0.840. The minimum Gasteiger partial charge on any atom is -0.469 e. The highest BCUT2D eigenvalue weighted by atomic mass is 16.5. The van der Waals surface area contributed by atoms with E-state index in [0.717, 1.165) is 25.7 Å². The zero-order chi connectivity index (χ0) is 17.4. The number of carbonyl (C=O) groups is 2. The zero-order valence-electron chi connectivity index (χ0n) is 14.0. The standard InChI is InChI=1S/C18H23N3O3/c1-24-17(22)10-11-21(16-8-3-2-4-9-16)18(23)20-15-7-5-6-14(12-15)13-19/h5-7,12,16H,2-4,8-11H2,1H3,(H,20,23). The number of rotatable bonds is 5. The Morgan fingerprint density at radius 3 is 2.75 bits per heavy atom. The van der Waals surface area contributed by atoms with Crippen molar-refractivity contribution in [3.05, 3.63) is 29.8 Å². The lowest BCUT2D eigenvalue weighted by Crippen LogP contribution is -2.45. The summed E-state index contributed by atoms with van der Waals surface area (Å²) in [5.74, 6) is -0.324. The number of nitrogens with zero attached hydrogens (tertiary/aromatic N) is 2. The highest BCUT2D eigenvalue weighted by molar-refractivity contribution is 5.90. The van der Waals surface area contributed by atoms with Gasteiger partial charge in [-0.3, -0.25) is 4.79 Å². The first-order chi connectivity index (χ1) is 11.6. The van der Waals surface area contributed by atoms with Crippen LogP contribution in [-0.4, -0.2) is 36.6 Å². The van der Waals surface area contributed by atoms with Crippen molar-refractivity contribution in [2.45, 2.75) is 44.6 Å². The molecule has 0 aliphatic heterocycles. The topological polar surface area (TPSA) is 82.4 Å². The van der Waals surface area contributed by atoms with Crippen molar-refractivity contribution in [2.75, 3.05) is 19.0 Å². The number of esters is 1. The number of benzene rings is 1. The minimum atomic E-state index is -0.324. The average Bonchev–Trinajstić information content (AvgIpc) is 2.62. The van der Waals surface area contributed by atoms with Gasteiger partial charge in [-0.25, -0.2) is 4.79 Å². The van der Waals surface area contributed by atoms with Crippen molar-refractivity contribution in [2.24, 2.45) is 0 Å². The highest BCUT2D eigenvalue weighted by Gasteiger charge is 2.26. The Balaban J connectivity index is 2.07. The number of hydrogen-bond acceptors (Lipinski definition) is 4. The molecular weight excluding hydrogens is 306 g/mol. The molecule has 0 spiro atoms. The van der Waals surface area contributed by atoms with Crippen LogP contribution in [-0.2, 0) is 9.53 Å². The normalized spacial score (nSPS) is 14.5. The van der Waals surface area contributed by atoms with Crippen molar-refractivity contribution in [1.82, 2.24) is 4.90 Å². The number of amides is 2. The van der Waals surface area contributed by atoms with Crippen LogP contribution < -0.4 is 5.32 Å². The van der Waals surface area contributed by atoms with Gasteiger partial charge in [-0.2, -0.15) is 5.26 Å². The summed E-state index contributed by atoms with van der Waals surface area (Å²) in [6.45, 7) is 0.334. The van der Waals surface area contributed by atoms with Crippen LogP contribution in [0.3, 0.4) is 0 Å². The van der Waals surface area contributed by atoms with E-state index in [4.69, 9.17) is 5.26 Å². The van der Waals surface area contributed by atoms with Crippen LogP contribution in [0.5, 0.6) is 0 Å². The molecule has 0 atom stereocenters. The van der Waals surface area contributed by atoms with E-state index < -0.39 is 0 Å². The van der Waals surface area contributed by atoms with E-state index in [2.05, 4.69) is 16.1 Å². The summed E-state index contributed by atoms with van der Waals surface area (Å²) in [5, 5.41) is 11.8. The van der Waals surface area contributed by atoms with Crippen molar-refractivity contribution in [3.8, 4) is 6.07 Å².